The summed E-state index contributed by atoms with van der Waals surface area (Å²) < 4.78 is 0. The van der Waals surface area contributed by atoms with Crippen LogP contribution >= 0.6 is 11.8 Å². The first-order valence-corrected chi connectivity index (χ1v) is 16.4. The van der Waals surface area contributed by atoms with Crippen molar-refractivity contribution in [2.75, 3.05) is 10.6 Å². The molecule has 8 nitrogen and oxygen atoms in total. The van der Waals surface area contributed by atoms with Gasteiger partial charge in [-0.25, -0.2) is 0 Å². The Morgan fingerprint density at radius 3 is 2.00 bits per heavy atom. The van der Waals surface area contributed by atoms with Gasteiger partial charge in [-0.15, -0.1) is 11.8 Å². The third-order valence-corrected chi connectivity index (χ3v) is 9.03. The molecule has 0 bridgehead atoms. The average Bonchev–Trinajstić information content (AvgIpc) is 3.12. The van der Waals surface area contributed by atoms with Gasteiger partial charge in [0.1, 0.15) is 5.70 Å². The van der Waals surface area contributed by atoms with E-state index in [2.05, 4.69) is 16.0 Å². The van der Waals surface area contributed by atoms with Crippen LogP contribution in [0.3, 0.4) is 0 Å². The molecule has 1 unspecified atom stereocenters. The molecule has 0 fully saturated rings. The highest BCUT2D eigenvalue weighted by Crippen LogP contribution is 2.33. The van der Waals surface area contributed by atoms with Crippen molar-refractivity contribution in [3.8, 4) is 0 Å². The number of nitrogens with one attached hydrogen (secondary N) is 3. The monoisotopic (exact) mass is 665 g/mol. The van der Waals surface area contributed by atoms with E-state index in [1.807, 2.05) is 37.3 Å². The fraction of sp³-hybridized carbons (Fsp3) is 0.0750. The highest BCUT2D eigenvalue weighted by Gasteiger charge is 2.32. The Labute approximate surface area is 287 Å². The largest absolute Gasteiger partial charge is 0.324 e. The number of fused-ring (bicyclic) bond motifs is 2. The molecule has 3 amide bonds. The molecule has 0 aliphatic heterocycles. The maximum absolute atomic E-state index is 13.4. The quantitative estimate of drug-likeness (QED) is 0.110. The lowest BCUT2D eigenvalue weighted by Crippen LogP contribution is -2.30. The molecule has 242 valence electrons. The van der Waals surface area contributed by atoms with Crippen LogP contribution in [0.5, 0.6) is 0 Å². The molecule has 0 radical (unpaired) electrons. The molecule has 49 heavy (non-hydrogen) atoms. The number of benzene rings is 5. The van der Waals surface area contributed by atoms with Crippen molar-refractivity contribution in [2.24, 2.45) is 0 Å². The number of ketones is 2. The number of anilines is 2. The molecule has 9 heteroatoms. The number of carbonyl (C=O) groups excluding carboxylic acids is 5. The number of thioether (sulfide) groups is 1. The number of carbonyl (C=O) groups is 5. The minimum Gasteiger partial charge on any atom is -0.324 e. The summed E-state index contributed by atoms with van der Waals surface area (Å²) in [6.45, 7) is 3.71. The van der Waals surface area contributed by atoms with E-state index in [0.717, 1.165) is 16.0 Å². The summed E-state index contributed by atoms with van der Waals surface area (Å²) in [5, 5.41) is 7.86. The van der Waals surface area contributed by atoms with Gasteiger partial charge in [0, 0.05) is 32.8 Å². The highest BCUT2D eigenvalue weighted by atomic mass is 32.2. The second kappa shape index (κ2) is 14.4. The molecule has 6 rings (SSSR count). The molecule has 5 aromatic carbocycles. The second-order valence-electron chi connectivity index (χ2n) is 11.4. The van der Waals surface area contributed by atoms with Crippen molar-refractivity contribution in [1.82, 2.24) is 5.32 Å². The summed E-state index contributed by atoms with van der Waals surface area (Å²) in [4.78, 5) is 66.7. The summed E-state index contributed by atoms with van der Waals surface area (Å²) in [7, 11) is 0. The Hall–Kier alpha value is -6.06. The molecule has 5 aromatic rings. The lowest BCUT2D eigenvalue weighted by Gasteiger charge is -2.21. The van der Waals surface area contributed by atoms with Gasteiger partial charge in [0.05, 0.1) is 16.5 Å². The minimum absolute atomic E-state index is 0.0771. The van der Waals surface area contributed by atoms with Crippen LogP contribution in [0.25, 0.3) is 6.08 Å². The van der Waals surface area contributed by atoms with Crippen molar-refractivity contribution in [3.05, 3.63) is 166 Å². The Bertz CT molecular complexity index is 2120. The van der Waals surface area contributed by atoms with Crippen LogP contribution in [0.15, 0.2) is 132 Å². The van der Waals surface area contributed by atoms with Crippen LogP contribution in [0.2, 0.25) is 0 Å². The van der Waals surface area contributed by atoms with Gasteiger partial charge in [-0.1, -0.05) is 84.4 Å². The molecular weight excluding hydrogens is 635 g/mol. The van der Waals surface area contributed by atoms with E-state index in [9.17, 15) is 24.0 Å². The summed E-state index contributed by atoms with van der Waals surface area (Å²) >= 11 is 1.30. The van der Waals surface area contributed by atoms with E-state index in [-0.39, 0.29) is 40.0 Å². The summed E-state index contributed by atoms with van der Waals surface area (Å²) in [5.41, 5.74) is 4.20. The highest BCUT2D eigenvalue weighted by molar-refractivity contribution is 8.00. The van der Waals surface area contributed by atoms with Crippen molar-refractivity contribution >= 4 is 58.5 Å². The third kappa shape index (κ3) is 7.42. The number of hydrogen-bond donors (Lipinski definition) is 3. The molecule has 3 N–H and O–H groups in total. The van der Waals surface area contributed by atoms with E-state index >= 15 is 0 Å². The molecule has 1 aliphatic carbocycles. The lowest BCUT2D eigenvalue weighted by atomic mass is 9.83. The van der Waals surface area contributed by atoms with Crippen molar-refractivity contribution in [3.63, 3.8) is 0 Å². The average molecular weight is 666 g/mol. The van der Waals surface area contributed by atoms with E-state index in [4.69, 9.17) is 0 Å². The first kappa shape index (κ1) is 32.9. The number of hydrogen-bond acceptors (Lipinski definition) is 6. The van der Waals surface area contributed by atoms with Gasteiger partial charge in [0.2, 0.25) is 5.91 Å². The summed E-state index contributed by atoms with van der Waals surface area (Å²) in [6.07, 6.45) is 1.62. The third-order valence-electron chi connectivity index (χ3n) is 7.92. The van der Waals surface area contributed by atoms with Gasteiger partial charge >= 0.3 is 0 Å². The smallest absolute Gasteiger partial charge is 0.272 e. The number of aryl methyl sites for hydroxylation is 1. The van der Waals surface area contributed by atoms with Gasteiger partial charge < -0.3 is 16.0 Å². The zero-order chi connectivity index (χ0) is 34.5. The Morgan fingerprint density at radius 1 is 0.673 bits per heavy atom. The molecule has 1 atom stereocenters. The van der Waals surface area contributed by atoms with Gasteiger partial charge in [-0.05, 0) is 68.0 Å². The Balaban J connectivity index is 1.12. The van der Waals surface area contributed by atoms with Gasteiger partial charge in [0.15, 0.2) is 11.6 Å². The van der Waals surface area contributed by atoms with Gasteiger partial charge in [-0.2, -0.15) is 0 Å². The second-order valence-corrected chi connectivity index (χ2v) is 12.9. The summed E-state index contributed by atoms with van der Waals surface area (Å²) in [6, 6.07) is 34.7. The standard InChI is InChI=1S/C40H31N3O5S/c1-24-15-17-26(18-16-24)23-34(43-39(47)27-9-4-3-5-10-27)40(48)41-28-19-21-29(22-20-28)49-25(2)38(46)42-33-14-8-13-32-35(33)37(45)31-12-7-6-11-30(31)36(32)44/h3-23,25H,1-2H3,(H,41,48)(H,42,46)(H,43,47)/b34-23-. The number of amides is 3. The van der Waals surface area contributed by atoms with Crippen LogP contribution in [0.4, 0.5) is 11.4 Å². The maximum atomic E-state index is 13.4. The summed E-state index contributed by atoms with van der Waals surface area (Å²) in [5.74, 6) is -1.82. The number of rotatable bonds is 9. The van der Waals surface area contributed by atoms with Crippen LogP contribution < -0.4 is 16.0 Å². The van der Waals surface area contributed by atoms with E-state index < -0.39 is 17.1 Å². The molecule has 0 spiro atoms. The van der Waals surface area contributed by atoms with E-state index in [0.29, 0.717) is 22.4 Å². The van der Waals surface area contributed by atoms with Gasteiger partial charge in [0.25, 0.3) is 11.8 Å². The van der Waals surface area contributed by atoms with Crippen LogP contribution in [-0.2, 0) is 9.59 Å². The SMILES string of the molecule is Cc1ccc(/C=C(\NC(=O)c2ccccc2)C(=O)Nc2ccc(SC(C)C(=O)Nc3cccc4c3C(=O)c3ccccc3C4=O)cc2)cc1. The molecule has 0 heterocycles. The zero-order valence-corrected chi connectivity index (χ0v) is 27.5. The van der Waals surface area contributed by atoms with Crippen LogP contribution in [-0.4, -0.2) is 34.5 Å². The maximum Gasteiger partial charge on any atom is 0.272 e. The van der Waals surface area contributed by atoms with Crippen LogP contribution in [0.1, 0.15) is 60.3 Å². The molecule has 0 saturated carbocycles. The van der Waals surface area contributed by atoms with Crippen molar-refractivity contribution in [2.45, 2.75) is 24.0 Å². The molecular formula is C40H31N3O5S. The predicted molar refractivity (Wildman–Crippen MR) is 192 cm³/mol. The van der Waals surface area contributed by atoms with Crippen LogP contribution in [0, 0.1) is 6.92 Å². The Morgan fingerprint density at radius 2 is 1.31 bits per heavy atom. The predicted octanol–water partition coefficient (Wildman–Crippen LogP) is 7.30. The first-order valence-electron chi connectivity index (χ1n) is 15.5. The van der Waals surface area contributed by atoms with E-state index in [1.165, 1.54) is 11.8 Å². The van der Waals surface area contributed by atoms with Gasteiger partial charge in [-0.3, -0.25) is 24.0 Å². The minimum atomic E-state index is -0.560. The lowest BCUT2D eigenvalue weighted by molar-refractivity contribution is -0.115. The normalized spacial score (nSPS) is 12.7. The molecule has 1 aliphatic rings. The molecule has 0 aromatic heterocycles. The first-order chi connectivity index (χ1) is 23.7. The molecule has 0 saturated heterocycles. The fourth-order valence-corrected chi connectivity index (χ4v) is 6.20. The topological polar surface area (TPSA) is 121 Å². The van der Waals surface area contributed by atoms with Crippen molar-refractivity contribution < 1.29 is 24.0 Å². The van der Waals surface area contributed by atoms with Crippen molar-refractivity contribution in [1.29, 1.82) is 0 Å². The Kier molecular flexibility index (Phi) is 9.64. The fourth-order valence-electron chi connectivity index (χ4n) is 5.33. The zero-order valence-electron chi connectivity index (χ0n) is 26.7. The van der Waals surface area contributed by atoms with E-state index in [1.54, 1.807) is 104 Å².